The van der Waals surface area contributed by atoms with Crippen molar-refractivity contribution >= 4 is 33.2 Å². The van der Waals surface area contributed by atoms with Gasteiger partial charge in [-0.1, -0.05) is 17.7 Å². The number of nitrogens with one attached hydrogen (secondary N) is 2. The number of carbonyl (C=O) groups excluding carboxylic acids is 1. The number of rotatable bonds is 11. The van der Waals surface area contributed by atoms with Crippen LogP contribution in [0.25, 0.3) is 0 Å². The van der Waals surface area contributed by atoms with Crippen LogP contribution >= 0.6 is 11.6 Å². The van der Waals surface area contributed by atoms with Gasteiger partial charge in [0, 0.05) is 36.7 Å². The Hall–Kier alpha value is -2.69. The van der Waals surface area contributed by atoms with Crippen molar-refractivity contribution in [2.45, 2.75) is 24.7 Å². The number of hydrogen-bond donors (Lipinski definition) is 2. The summed E-state index contributed by atoms with van der Waals surface area (Å²) in [6.07, 6.45) is 0.719. The molecule has 0 radical (unpaired) electrons. The van der Waals surface area contributed by atoms with Crippen LogP contribution in [0.4, 0.5) is 5.69 Å². The third-order valence-corrected chi connectivity index (χ3v) is 5.91. The number of nitro benzene ring substituents is 1. The van der Waals surface area contributed by atoms with Gasteiger partial charge in [0.05, 0.1) is 16.4 Å². The monoisotopic (exact) mass is 455 g/mol. The first-order valence-corrected chi connectivity index (χ1v) is 10.9. The van der Waals surface area contributed by atoms with E-state index >= 15 is 0 Å². The van der Waals surface area contributed by atoms with Crippen LogP contribution in [0, 0.1) is 17.0 Å². The normalized spacial score (nSPS) is 11.1. The number of hydrogen-bond acceptors (Lipinski definition) is 6. The first-order valence-electron chi connectivity index (χ1n) is 9.09. The molecule has 0 fully saturated rings. The van der Waals surface area contributed by atoms with Crippen LogP contribution in [0.15, 0.2) is 47.4 Å². The van der Waals surface area contributed by atoms with Gasteiger partial charge < -0.3 is 10.1 Å². The Morgan fingerprint density at radius 1 is 1.20 bits per heavy atom. The van der Waals surface area contributed by atoms with E-state index in [4.69, 9.17) is 16.3 Å². The van der Waals surface area contributed by atoms with E-state index in [9.17, 15) is 23.3 Å². The third kappa shape index (κ3) is 7.29. The maximum Gasteiger partial charge on any atom is 0.270 e. The lowest BCUT2D eigenvalue weighted by molar-refractivity contribution is -0.385. The Kier molecular flexibility index (Phi) is 8.58. The molecule has 2 aromatic rings. The molecule has 2 N–H and O–H groups in total. The van der Waals surface area contributed by atoms with E-state index in [-0.39, 0.29) is 36.0 Å². The summed E-state index contributed by atoms with van der Waals surface area (Å²) in [6.45, 7) is 2.27. The number of amides is 1. The van der Waals surface area contributed by atoms with E-state index in [2.05, 4.69) is 10.0 Å². The summed E-state index contributed by atoms with van der Waals surface area (Å²) in [5, 5.41) is 14.0. The van der Waals surface area contributed by atoms with Crippen molar-refractivity contribution in [3.8, 4) is 5.75 Å². The number of aryl methyl sites for hydroxylation is 1. The van der Waals surface area contributed by atoms with Gasteiger partial charge in [-0.25, -0.2) is 13.1 Å². The van der Waals surface area contributed by atoms with Crippen molar-refractivity contribution in [3.63, 3.8) is 0 Å². The van der Waals surface area contributed by atoms with E-state index in [1.807, 2.05) is 13.0 Å². The molecule has 11 heteroatoms. The number of nitro groups is 1. The van der Waals surface area contributed by atoms with Crippen LogP contribution in [0.2, 0.25) is 5.02 Å². The highest BCUT2D eigenvalue weighted by atomic mass is 35.5. The molecule has 0 bridgehead atoms. The highest BCUT2D eigenvalue weighted by Crippen LogP contribution is 2.21. The van der Waals surface area contributed by atoms with Crippen LogP contribution in [-0.4, -0.2) is 38.9 Å². The third-order valence-electron chi connectivity index (χ3n) is 4.02. The van der Waals surface area contributed by atoms with Crippen molar-refractivity contribution in [1.82, 2.24) is 10.0 Å². The van der Waals surface area contributed by atoms with Crippen molar-refractivity contribution in [2.24, 2.45) is 0 Å². The van der Waals surface area contributed by atoms with Crippen LogP contribution in [0.1, 0.15) is 18.4 Å². The van der Waals surface area contributed by atoms with Gasteiger partial charge in [-0.2, -0.15) is 0 Å². The quantitative estimate of drug-likeness (QED) is 0.304. The summed E-state index contributed by atoms with van der Waals surface area (Å²) in [7, 11) is -3.91. The second-order valence-electron chi connectivity index (χ2n) is 6.37. The van der Waals surface area contributed by atoms with Gasteiger partial charge >= 0.3 is 0 Å². The number of nitrogens with zero attached hydrogens (tertiary/aromatic N) is 1. The molecule has 2 rings (SSSR count). The van der Waals surface area contributed by atoms with Crippen molar-refractivity contribution in [1.29, 1.82) is 0 Å². The second kappa shape index (κ2) is 10.9. The molecule has 0 unspecified atom stereocenters. The largest absolute Gasteiger partial charge is 0.494 e. The Balaban J connectivity index is 1.67. The van der Waals surface area contributed by atoms with E-state index < -0.39 is 14.9 Å². The molecule has 0 aliphatic carbocycles. The first-order chi connectivity index (χ1) is 14.2. The minimum atomic E-state index is -3.91. The van der Waals surface area contributed by atoms with Gasteiger partial charge in [0.2, 0.25) is 15.9 Å². The number of benzene rings is 2. The number of ether oxygens (including phenoxy) is 1. The average molecular weight is 456 g/mol. The van der Waals surface area contributed by atoms with Gasteiger partial charge in [0.1, 0.15) is 5.75 Å². The fraction of sp³-hybridized carbons (Fsp3) is 0.316. The van der Waals surface area contributed by atoms with Crippen molar-refractivity contribution in [3.05, 3.63) is 63.2 Å². The molecule has 0 saturated carbocycles. The summed E-state index contributed by atoms with van der Waals surface area (Å²) < 4.78 is 32.2. The second-order valence-corrected chi connectivity index (χ2v) is 8.54. The molecule has 0 spiro atoms. The number of non-ortho nitro benzene ring substituents is 1. The van der Waals surface area contributed by atoms with Gasteiger partial charge in [0.15, 0.2) is 0 Å². The Bertz CT molecular complexity index is 1010. The van der Waals surface area contributed by atoms with Crippen LogP contribution in [0.5, 0.6) is 5.75 Å². The predicted octanol–water partition coefficient (Wildman–Crippen LogP) is 2.81. The molecular formula is C19H22ClN3O6S. The van der Waals surface area contributed by atoms with Gasteiger partial charge in [-0.3, -0.25) is 14.9 Å². The van der Waals surface area contributed by atoms with Crippen molar-refractivity contribution in [2.75, 3.05) is 19.7 Å². The zero-order valence-electron chi connectivity index (χ0n) is 16.3. The maximum atomic E-state index is 12.2. The van der Waals surface area contributed by atoms with E-state index in [0.717, 1.165) is 11.6 Å². The zero-order chi connectivity index (χ0) is 22.1. The zero-order valence-corrected chi connectivity index (χ0v) is 17.8. The molecule has 9 nitrogen and oxygen atoms in total. The lowest BCUT2D eigenvalue weighted by Crippen LogP contribution is -2.34. The molecule has 0 saturated heterocycles. The van der Waals surface area contributed by atoms with E-state index in [1.165, 1.54) is 18.2 Å². The topological polar surface area (TPSA) is 128 Å². The van der Waals surface area contributed by atoms with Crippen LogP contribution in [-0.2, 0) is 14.8 Å². The molecule has 162 valence electrons. The summed E-state index contributed by atoms with van der Waals surface area (Å²) in [5.41, 5.74) is 0.585. The molecule has 0 aromatic heterocycles. The molecule has 0 aliphatic rings. The fourth-order valence-electron chi connectivity index (χ4n) is 2.45. The molecule has 0 atom stereocenters. The molecule has 0 heterocycles. The van der Waals surface area contributed by atoms with Crippen LogP contribution in [0.3, 0.4) is 0 Å². The summed E-state index contributed by atoms with van der Waals surface area (Å²) in [4.78, 5) is 21.7. The Morgan fingerprint density at radius 2 is 1.97 bits per heavy atom. The number of halogens is 1. The molecule has 0 aliphatic heterocycles. The fourth-order valence-corrected chi connectivity index (χ4v) is 3.64. The minimum Gasteiger partial charge on any atom is -0.494 e. The smallest absolute Gasteiger partial charge is 0.270 e. The molecule has 30 heavy (non-hydrogen) atoms. The highest BCUT2D eigenvalue weighted by molar-refractivity contribution is 7.89. The van der Waals surface area contributed by atoms with Crippen LogP contribution < -0.4 is 14.8 Å². The maximum absolute atomic E-state index is 12.2. The standard InChI is InChI=1S/C19H22ClN3O6S/c1-14-12-16(7-8-18(14)20)29-11-3-6-19(24)21-9-10-22-30(27,28)17-5-2-4-15(13-17)23(25)26/h2,4-5,7-8,12-13,22H,3,6,9-11H2,1H3,(H,21,24). The lowest BCUT2D eigenvalue weighted by atomic mass is 10.2. The molecule has 1 amide bonds. The van der Waals surface area contributed by atoms with E-state index in [1.54, 1.807) is 12.1 Å². The van der Waals surface area contributed by atoms with Crippen molar-refractivity contribution < 1.29 is 22.9 Å². The van der Waals surface area contributed by atoms with Gasteiger partial charge in [-0.15, -0.1) is 0 Å². The first kappa shape index (κ1) is 23.6. The summed E-state index contributed by atoms with van der Waals surface area (Å²) >= 11 is 5.95. The van der Waals surface area contributed by atoms with Gasteiger partial charge in [0.25, 0.3) is 5.69 Å². The van der Waals surface area contributed by atoms with E-state index in [0.29, 0.717) is 23.8 Å². The summed E-state index contributed by atoms with van der Waals surface area (Å²) in [5.74, 6) is 0.438. The predicted molar refractivity (Wildman–Crippen MR) is 112 cm³/mol. The minimum absolute atomic E-state index is 0.0443. The Morgan fingerprint density at radius 3 is 2.67 bits per heavy atom. The SMILES string of the molecule is Cc1cc(OCCCC(=O)NCCNS(=O)(=O)c2cccc([N+](=O)[O-])c2)ccc1Cl. The molecule has 2 aromatic carbocycles. The number of sulfonamides is 1. The average Bonchev–Trinajstić information content (AvgIpc) is 2.71. The Labute approximate surface area is 179 Å². The van der Waals surface area contributed by atoms with Gasteiger partial charge in [-0.05, 0) is 43.2 Å². The number of carbonyl (C=O) groups is 1. The lowest BCUT2D eigenvalue weighted by Gasteiger charge is -2.09. The highest BCUT2D eigenvalue weighted by Gasteiger charge is 2.17. The molecular weight excluding hydrogens is 434 g/mol. The summed E-state index contributed by atoms with van der Waals surface area (Å²) in [6, 6.07) is 10.0.